The Morgan fingerprint density at radius 2 is 1.84 bits per heavy atom. The normalized spacial score (nSPS) is 15.7. The highest BCUT2D eigenvalue weighted by molar-refractivity contribution is 5.94. The molecule has 37 heavy (non-hydrogen) atoms. The third-order valence-corrected chi connectivity index (χ3v) is 7.90. The van der Waals surface area contributed by atoms with E-state index in [9.17, 15) is 4.79 Å². The van der Waals surface area contributed by atoms with E-state index in [1.54, 1.807) is 25.2 Å². The van der Waals surface area contributed by atoms with E-state index in [4.69, 9.17) is 5.73 Å². The Kier molecular flexibility index (Phi) is 6.73. The molecule has 192 valence electrons. The van der Waals surface area contributed by atoms with E-state index in [1.807, 2.05) is 36.5 Å². The lowest BCUT2D eigenvalue weighted by Gasteiger charge is -2.37. The van der Waals surface area contributed by atoms with Gasteiger partial charge in [0, 0.05) is 55.6 Å². The number of carbonyl (C=O) groups is 1. The molecule has 7 heteroatoms. The van der Waals surface area contributed by atoms with Crippen LogP contribution in [-0.2, 0) is 7.05 Å². The fourth-order valence-electron chi connectivity index (χ4n) is 5.74. The fourth-order valence-corrected chi connectivity index (χ4v) is 5.74. The smallest absolute Gasteiger partial charge is 0.253 e. The molecule has 3 aromatic heterocycles. The van der Waals surface area contributed by atoms with Crippen molar-refractivity contribution in [3.05, 3.63) is 77.2 Å². The third-order valence-electron chi connectivity index (χ3n) is 7.90. The van der Waals surface area contributed by atoms with Crippen LogP contribution in [0.5, 0.6) is 0 Å². The van der Waals surface area contributed by atoms with Gasteiger partial charge in [-0.3, -0.25) is 14.7 Å². The Morgan fingerprint density at radius 3 is 2.49 bits per heavy atom. The van der Waals surface area contributed by atoms with E-state index in [0.717, 1.165) is 53.8 Å². The second-order valence-corrected chi connectivity index (χ2v) is 10.5. The molecule has 0 bridgehead atoms. The first-order valence-electron chi connectivity index (χ1n) is 13.0. The number of hydrogen-bond donors (Lipinski definition) is 1. The van der Waals surface area contributed by atoms with E-state index < -0.39 is 0 Å². The maximum Gasteiger partial charge on any atom is 0.253 e. The summed E-state index contributed by atoms with van der Waals surface area (Å²) in [5, 5.41) is 1.11. The lowest BCUT2D eigenvalue weighted by Crippen LogP contribution is -2.35. The summed E-state index contributed by atoms with van der Waals surface area (Å²) in [6, 6.07) is 14.6. The van der Waals surface area contributed by atoms with Crippen molar-refractivity contribution < 1.29 is 4.79 Å². The van der Waals surface area contributed by atoms with Gasteiger partial charge < -0.3 is 15.2 Å². The van der Waals surface area contributed by atoms with E-state index in [-0.39, 0.29) is 11.9 Å². The Morgan fingerprint density at radius 1 is 1.08 bits per heavy atom. The first-order valence-corrected chi connectivity index (χ1v) is 13.0. The Labute approximate surface area is 218 Å². The van der Waals surface area contributed by atoms with Crippen molar-refractivity contribution in [3.63, 3.8) is 0 Å². The van der Waals surface area contributed by atoms with Crippen LogP contribution in [0.15, 0.2) is 54.9 Å². The molecule has 2 N–H and O–H groups in total. The van der Waals surface area contributed by atoms with Gasteiger partial charge in [-0.05, 0) is 93.2 Å². The van der Waals surface area contributed by atoms with E-state index in [2.05, 4.69) is 52.5 Å². The number of pyridine rings is 2. The molecule has 1 amide bonds. The summed E-state index contributed by atoms with van der Waals surface area (Å²) in [4.78, 5) is 25.8. The molecule has 4 aromatic rings. The second-order valence-electron chi connectivity index (χ2n) is 10.5. The Hall–Kier alpha value is -3.71. The maximum atomic E-state index is 12.3. The average Bonchev–Trinajstić information content (AvgIpc) is 3.25. The number of aryl methyl sites for hydroxylation is 2. The number of anilines is 1. The molecule has 7 nitrogen and oxygen atoms in total. The van der Waals surface area contributed by atoms with Gasteiger partial charge in [-0.2, -0.15) is 0 Å². The number of benzene rings is 1. The summed E-state index contributed by atoms with van der Waals surface area (Å²) in [5.74, 6) is 0.572. The predicted octanol–water partition coefficient (Wildman–Crippen LogP) is 5.17. The Bertz CT molecular complexity index is 1430. The van der Waals surface area contributed by atoms with Gasteiger partial charge in [-0.1, -0.05) is 6.07 Å². The molecule has 1 aliphatic heterocycles. The number of carbonyl (C=O) groups excluding carboxylic acids is 1. The quantitative estimate of drug-likeness (QED) is 0.412. The highest BCUT2D eigenvalue weighted by Gasteiger charge is 2.27. The second kappa shape index (κ2) is 9.98. The minimum atomic E-state index is 0.0538. The topological polar surface area (TPSA) is 80.3 Å². The molecule has 0 saturated carbocycles. The molecule has 0 aliphatic carbocycles. The van der Waals surface area contributed by atoms with Crippen LogP contribution >= 0.6 is 0 Å². The summed E-state index contributed by atoms with van der Waals surface area (Å²) >= 11 is 0. The Balaban J connectivity index is 1.34. The van der Waals surface area contributed by atoms with Crippen molar-refractivity contribution in [1.29, 1.82) is 0 Å². The van der Waals surface area contributed by atoms with Crippen LogP contribution in [0.2, 0.25) is 0 Å². The summed E-state index contributed by atoms with van der Waals surface area (Å²) in [7, 11) is 5.70. The molecule has 1 aromatic carbocycles. The van der Waals surface area contributed by atoms with Crippen molar-refractivity contribution >= 4 is 22.6 Å². The van der Waals surface area contributed by atoms with Crippen LogP contribution in [0, 0.1) is 6.92 Å². The van der Waals surface area contributed by atoms with E-state index in [0.29, 0.717) is 11.6 Å². The molecule has 1 fully saturated rings. The van der Waals surface area contributed by atoms with E-state index >= 15 is 0 Å². The molecule has 1 aliphatic rings. The van der Waals surface area contributed by atoms with Crippen LogP contribution in [0.25, 0.3) is 22.3 Å². The maximum absolute atomic E-state index is 12.3. The molecule has 0 radical (unpaired) electrons. The minimum Gasteiger partial charge on any atom is -0.397 e. The largest absolute Gasteiger partial charge is 0.397 e. The number of nitrogens with zero attached hydrogens (tertiary/aromatic N) is 5. The number of fused-ring (bicyclic) bond motifs is 1. The van der Waals surface area contributed by atoms with Gasteiger partial charge in [0.05, 0.1) is 17.6 Å². The molecular weight excluding hydrogens is 460 g/mol. The van der Waals surface area contributed by atoms with Gasteiger partial charge in [-0.25, -0.2) is 4.98 Å². The van der Waals surface area contributed by atoms with Gasteiger partial charge >= 0.3 is 0 Å². The highest BCUT2D eigenvalue weighted by Crippen LogP contribution is 2.36. The van der Waals surface area contributed by atoms with Gasteiger partial charge in [0.15, 0.2) is 0 Å². The fraction of sp³-hybridized carbons (Fsp3) is 0.367. The van der Waals surface area contributed by atoms with Gasteiger partial charge in [0.25, 0.3) is 5.91 Å². The molecule has 0 spiro atoms. The number of rotatable bonds is 5. The lowest BCUT2D eigenvalue weighted by molar-refractivity contribution is 0.0827. The molecule has 1 atom stereocenters. The molecule has 5 rings (SSSR count). The van der Waals surface area contributed by atoms with Gasteiger partial charge in [0.1, 0.15) is 5.65 Å². The summed E-state index contributed by atoms with van der Waals surface area (Å²) < 4.78 is 2.22. The van der Waals surface area contributed by atoms with Crippen molar-refractivity contribution in [3.8, 4) is 11.3 Å². The van der Waals surface area contributed by atoms with Crippen LogP contribution in [0.1, 0.15) is 58.9 Å². The molecular formula is C30H36N6O. The van der Waals surface area contributed by atoms with E-state index in [1.165, 1.54) is 16.8 Å². The zero-order chi connectivity index (χ0) is 26.3. The molecule has 1 unspecified atom stereocenters. The van der Waals surface area contributed by atoms with Crippen LogP contribution in [-0.4, -0.2) is 57.4 Å². The SMILES string of the molecule is Cc1cc(C(=O)N(C)C)ccc1C1CCN(C(C)c2cc3c(-c4ccc(N)cn4)ccnc3n2C)CC1. The lowest BCUT2D eigenvalue weighted by atomic mass is 9.85. The number of aromatic nitrogens is 3. The first kappa shape index (κ1) is 25.0. The predicted molar refractivity (Wildman–Crippen MR) is 150 cm³/mol. The molecule has 1 saturated heterocycles. The third kappa shape index (κ3) is 4.71. The van der Waals surface area contributed by atoms with Crippen molar-refractivity contribution in [2.75, 3.05) is 32.9 Å². The van der Waals surface area contributed by atoms with Crippen LogP contribution in [0.4, 0.5) is 5.69 Å². The first-order chi connectivity index (χ1) is 17.7. The van der Waals surface area contributed by atoms with Gasteiger partial charge in [0.2, 0.25) is 0 Å². The summed E-state index contributed by atoms with van der Waals surface area (Å²) in [5.41, 5.74) is 14.1. The number of likely N-dealkylation sites (tertiary alicyclic amines) is 1. The number of hydrogen-bond acceptors (Lipinski definition) is 5. The zero-order valence-electron chi connectivity index (χ0n) is 22.4. The summed E-state index contributed by atoms with van der Waals surface area (Å²) in [6.45, 7) is 6.49. The van der Waals surface area contributed by atoms with Crippen molar-refractivity contribution in [2.24, 2.45) is 7.05 Å². The number of nitrogens with two attached hydrogens (primary N) is 1. The van der Waals surface area contributed by atoms with Crippen molar-refractivity contribution in [1.82, 2.24) is 24.3 Å². The van der Waals surface area contributed by atoms with Crippen molar-refractivity contribution in [2.45, 2.75) is 38.6 Å². The minimum absolute atomic E-state index is 0.0538. The monoisotopic (exact) mass is 496 g/mol. The summed E-state index contributed by atoms with van der Waals surface area (Å²) in [6.07, 6.45) is 5.77. The van der Waals surface area contributed by atoms with Crippen LogP contribution in [0.3, 0.4) is 0 Å². The highest BCUT2D eigenvalue weighted by atomic mass is 16.2. The number of nitrogen functional groups attached to an aromatic ring is 1. The van der Waals surface area contributed by atoms with Crippen LogP contribution < -0.4 is 5.73 Å². The van der Waals surface area contributed by atoms with Gasteiger partial charge in [-0.15, -0.1) is 0 Å². The standard InChI is InChI=1S/C30H36N6O/c1-19-16-22(30(37)34(3)4)6-8-24(19)21-11-14-36(15-12-21)20(2)28-17-26-25(10-13-32-29(26)35(28)5)27-9-7-23(31)18-33-27/h6-10,13,16-18,20-21H,11-12,14-15,31H2,1-5H3. The average molecular weight is 497 g/mol. The zero-order valence-corrected chi connectivity index (χ0v) is 22.4. The number of piperidine rings is 1. The molecule has 4 heterocycles. The number of amides is 1.